The van der Waals surface area contributed by atoms with E-state index in [4.69, 9.17) is 0 Å². The molecule has 0 aliphatic heterocycles. The zero-order valence-electron chi connectivity index (χ0n) is 14.4. The fraction of sp³-hybridized carbons (Fsp3) is 0.150. The van der Waals surface area contributed by atoms with Crippen LogP contribution in [0.25, 0.3) is 10.9 Å². The van der Waals surface area contributed by atoms with E-state index < -0.39 is 29.7 Å². The molecule has 1 aromatic heterocycles. The highest BCUT2D eigenvalue weighted by Gasteiger charge is 2.30. The Labute approximate surface area is 157 Å². The lowest BCUT2D eigenvalue weighted by molar-refractivity contribution is -0.139. The molecule has 0 unspecified atom stereocenters. The number of halogens is 3. The number of alkyl halides is 3. The molecule has 0 bridgehead atoms. The van der Waals surface area contributed by atoms with Gasteiger partial charge in [-0.2, -0.15) is 13.2 Å². The Morgan fingerprint density at radius 3 is 2.39 bits per heavy atom. The van der Waals surface area contributed by atoms with E-state index in [0.29, 0.717) is 11.1 Å². The summed E-state index contributed by atoms with van der Waals surface area (Å²) in [4.78, 5) is 28.1. The van der Waals surface area contributed by atoms with Gasteiger partial charge in [0.05, 0.1) is 16.6 Å². The Morgan fingerprint density at radius 2 is 1.75 bits per heavy atom. The molecule has 0 radical (unpaired) electrons. The predicted octanol–water partition coefficient (Wildman–Crippen LogP) is 3.68. The highest BCUT2D eigenvalue weighted by atomic mass is 19.4. The summed E-state index contributed by atoms with van der Waals surface area (Å²) in [5.74, 6) is -1.92. The number of fused-ring (bicyclic) bond motifs is 1. The maximum Gasteiger partial charge on any atom is 0.416 e. The van der Waals surface area contributed by atoms with Crippen LogP contribution in [0.15, 0.2) is 60.8 Å². The minimum atomic E-state index is -4.47. The van der Waals surface area contributed by atoms with E-state index >= 15 is 0 Å². The van der Waals surface area contributed by atoms with E-state index in [-0.39, 0.29) is 12.0 Å². The molecule has 1 amide bonds. The molecule has 28 heavy (non-hydrogen) atoms. The number of carbonyl (C=O) groups is 2. The van der Waals surface area contributed by atoms with Crippen LogP contribution in [0.5, 0.6) is 0 Å². The number of aromatic nitrogens is 1. The largest absolute Gasteiger partial charge is 0.480 e. The summed E-state index contributed by atoms with van der Waals surface area (Å²) < 4.78 is 37.9. The molecule has 8 heteroatoms. The molecule has 0 saturated heterocycles. The minimum Gasteiger partial charge on any atom is -0.480 e. The van der Waals surface area contributed by atoms with Gasteiger partial charge in [0.1, 0.15) is 6.04 Å². The molecule has 1 atom stereocenters. The summed E-state index contributed by atoms with van der Waals surface area (Å²) in [7, 11) is 0. The number of pyridine rings is 1. The third-order valence-corrected chi connectivity index (χ3v) is 4.18. The summed E-state index contributed by atoms with van der Waals surface area (Å²) in [6, 6.07) is 11.6. The van der Waals surface area contributed by atoms with Crippen molar-refractivity contribution in [2.24, 2.45) is 0 Å². The van der Waals surface area contributed by atoms with Crippen LogP contribution in [0.4, 0.5) is 13.2 Å². The first-order valence-corrected chi connectivity index (χ1v) is 8.28. The third-order valence-electron chi connectivity index (χ3n) is 4.18. The van der Waals surface area contributed by atoms with Crippen molar-refractivity contribution in [2.75, 3.05) is 0 Å². The van der Waals surface area contributed by atoms with Gasteiger partial charge < -0.3 is 10.4 Å². The van der Waals surface area contributed by atoms with Crippen molar-refractivity contribution in [3.63, 3.8) is 0 Å². The Bertz CT molecular complexity index is 1020. The number of hydrogen-bond donors (Lipinski definition) is 2. The molecule has 0 aliphatic carbocycles. The fourth-order valence-electron chi connectivity index (χ4n) is 2.70. The van der Waals surface area contributed by atoms with Crippen LogP contribution in [-0.4, -0.2) is 28.0 Å². The Hall–Kier alpha value is -3.42. The number of carboxylic acids is 1. The minimum absolute atomic E-state index is 0.153. The van der Waals surface area contributed by atoms with E-state index in [9.17, 15) is 27.9 Å². The smallest absolute Gasteiger partial charge is 0.416 e. The Morgan fingerprint density at radius 1 is 1.07 bits per heavy atom. The fourth-order valence-corrected chi connectivity index (χ4v) is 2.70. The van der Waals surface area contributed by atoms with Crippen LogP contribution >= 0.6 is 0 Å². The van der Waals surface area contributed by atoms with Gasteiger partial charge >= 0.3 is 12.1 Å². The summed E-state index contributed by atoms with van der Waals surface area (Å²) in [5.41, 5.74) is 0.419. The highest BCUT2D eigenvalue weighted by molar-refractivity contribution is 5.99. The number of nitrogens with zero attached hydrogens (tertiary/aromatic N) is 1. The summed E-state index contributed by atoms with van der Waals surface area (Å²) >= 11 is 0. The zero-order chi connectivity index (χ0) is 20.3. The lowest BCUT2D eigenvalue weighted by Crippen LogP contribution is -2.42. The number of nitrogens with one attached hydrogen (secondary N) is 1. The first-order valence-electron chi connectivity index (χ1n) is 8.28. The van der Waals surface area contributed by atoms with Crippen molar-refractivity contribution in [1.29, 1.82) is 0 Å². The molecule has 0 fully saturated rings. The molecule has 0 spiro atoms. The number of hydrogen-bond acceptors (Lipinski definition) is 3. The van der Waals surface area contributed by atoms with Crippen LogP contribution in [0.2, 0.25) is 0 Å². The number of amides is 1. The first kappa shape index (κ1) is 19.3. The van der Waals surface area contributed by atoms with E-state index in [0.717, 1.165) is 17.5 Å². The standard InChI is InChI=1S/C20H15F3N2O3/c21-20(22,23)15-7-5-12(6-8-15)9-17(19(27)28)25-18(26)14-10-13-3-1-2-4-16(13)24-11-14/h1-8,10-11,17H,9H2,(H,25,26)(H,27,28)/t17-/m1/s1. The molecule has 0 aliphatic rings. The summed E-state index contributed by atoms with van der Waals surface area (Å²) in [5, 5.41) is 12.5. The van der Waals surface area contributed by atoms with Gasteiger partial charge in [0.2, 0.25) is 0 Å². The average molecular weight is 388 g/mol. The molecule has 5 nitrogen and oxygen atoms in total. The predicted molar refractivity (Wildman–Crippen MR) is 95.8 cm³/mol. The van der Waals surface area contributed by atoms with Crippen molar-refractivity contribution < 1.29 is 27.9 Å². The second-order valence-electron chi connectivity index (χ2n) is 6.18. The second-order valence-corrected chi connectivity index (χ2v) is 6.18. The van der Waals surface area contributed by atoms with Crippen LogP contribution in [0.3, 0.4) is 0 Å². The summed E-state index contributed by atoms with van der Waals surface area (Å²) in [6.45, 7) is 0. The number of carbonyl (C=O) groups excluding carboxylic acids is 1. The van der Waals surface area contributed by atoms with Gasteiger partial charge in [0, 0.05) is 18.0 Å². The van der Waals surface area contributed by atoms with Crippen molar-refractivity contribution in [3.05, 3.63) is 77.5 Å². The SMILES string of the molecule is O=C(N[C@H](Cc1ccc(C(F)(F)F)cc1)C(=O)O)c1cnc2ccccc2c1. The molecule has 3 aromatic rings. The molecular formula is C20H15F3N2O3. The number of rotatable bonds is 5. The van der Waals surface area contributed by atoms with Gasteiger partial charge in [-0.15, -0.1) is 0 Å². The van der Waals surface area contributed by atoms with Gasteiger partial charge in [-0.3, -0.25) is 9.78 Å². The van der Waals surface area contributed by atoms with Crippen molar-refractivity contribution in [2.45, 2.75) is 18.6 Å². The number of benzene rings is 2. The van der Waals surface area contributed by atoms with Gasteiger partial charge in [0.15, 0.2) is 0 Å². The summed E-state index contributed by atoms with van der Waals surface area (Å²) in [6.07, 6.45) is -3.28. The topological polar surface area (TPSA) is 79.3 Å². The quantitative estimate of drug-likeness (QED) is 0.699. The molecule has 1 heterocycles. The third kappa shape index (κ3) is 4.46. The molecule has 0 saturated carbocycles. The van der Waals surface area contributed by atoms with Gasteiger partial charge in [-0.05, 0) is 29.8 Å². The number of carboxylic acid groups (broad SMARTS) is 1. The lowest BCUT2D eigenvalue weighted by Gasteiger charge is -2.15. The molecule has 2 N–H and O–H groups in total. The molecule has 2 aromatic carbocycles. The van der Waals surface area contributed by atoms with Crippen molar-refractivity contribution in [1.82, 2.24) is 10.3 Å². The van der Waals surface area contributed by atoms with Gasteiger partial charge in [0.25, 0.3) is 5.91 Å². The van der Waals surface area contributed by atoms with Crippen LogP contribution < -0.4 is 5.32 Å². The van der Waals surface area contributed by atoms with E-state index in [1.807, 2.05) is 0 Å². The van der Waals surface area contributed by atoms with Gasteiger partial charge in [-0.1, -0.05) is 30.3 Å². The zero-order valence-corrected chi connectivity index (χ0v) is 14.4. The highest BCUT2D eigenvalue weighted by Crippen LogP contribution is 2.29. The van der Waals surface area contributed by atoms with Gasteiger partial charge in [-0.25, -0.2) is 4.79 Å². The Balaban J connectivity index is 1.75. The van der Waals surface area contributed by atoms with Crippen molar-refractivity contribution >= 4 is 22.8 Å². The lowest BCUT2D eigenvalue weighted by atomic mass is 10.0. The maximum absolute atomic E-state index is 12.6. The second kappa shape index (κ2) is 7.67. The Kier molecular flexibility index (Phi) is 5.30. The maximum atomic E-state index is 12.6. The van der Waals surface area contributed by atoms with Crippen LogP contribution in [-0.2, 0) is 17.4 Å². The normalized spacial score (nSPS) is 12.5. The average Bonchev–Trinajstić information content (AvgIpc) is 2.66. The van der Waals surface area contributed by atoms with E-state index in [1.54, 1.807) is 30.3 Å². The molecule has 144 valence electrons. The van der Waals surface area contributed by atoms with E-state index in [2.05, 4.69) is 10.3 Å². The van der Waals surface area contributed by atoms with Crippen LogP contribution in [0.1, 0.15) is 21.5 Å². The molecule has 3 rings (SSSR count). The monoisotopic (exact) mass is 388 g/mol. The molecular weight excluding hydrogens is 373 g/mol. The first-order chi connectivity index (χ1) is 13.2. The number of aliphatic carboxylic acids is 1. The van der Waals surface area contributed by atoms with E-state index in [1.165, 1.54) is 18.3 Å². The van der Waals surface area contributed by atoms with Crippen LogP contribution in [0, 0.1) is 0 Å². The van der Waals surface area contributed by atoms with Crippen molar-refractivity contribution in [3.8, 4) is 0 Å². The number of para-hydroxylation sites is 1.